The minimum absolute atomic E-state index is 0.231. The molecule has 0 atom stereocenters. The number of carbonyl (C=O) groups excluding carboxylic acids is 1. The number of amides is 1. The number of benzene rings is 2. The molecule has 5 aromatic rings. The minimum Gasteiger partial charge on any atom is -0.361 e. The van der Waals surface area contributed by atoms with Crippen molar-refractivity contribution in [1.82, 2.24) is 30.0 Å². The Kier molecular flexibility index (Phi) is 6.20. The molecule has 1 aliphatic rings. The number of carbonyl (C=O) groups is 1. The van der Waals surface area contributed by atoms with Gasteiger partial charge in [0.1, 0.15) is 5.69 Å². The zero-order valence-electron chi connectivity index (χ0n) is 21.2. The smallest absolute Gasteiger partial charge is 0.274 e. The second-order valence-electron chi connectivity index (χ2n) is 9.97. The Morgan fingerprint density at radius 2 is 1.84 bits per heavy atom. The van der Waals surface area contributed by atoms with E-state index in [0.717, 1.165) is 71.4 Å². The Labute approximate surface area is 215 Å². The lowest BCUT2D eigenvalue weighted by atomic mass is 9.99. The Hall–Kier alpha value is -4.01. The number of hydrogen-bond acceptors (Lipinski definition) is 5. The molecule has 4 heterocycles. The van der Waals surface area contributed by atoms with E-state index in [2.05, 4.69) is 68.4 Å². The molecule has 1 aliphatic heterocycles. The molecule has 2 aromatic carbocycles. The van der Waals surface area contributed by atoms with Crippen molar-refractivity contribution < 1.29 is 4.79 Å². The number of H-pyrrole nitrogens is 2. The molecular weight excluding hydrogens is 462 g/mol. The standard InChI is InChI=1S/C29H31N7O/c1-19(2)36-13-11-35(12-14-36)18-21-5-3-8-26(32-21)29(37)33-27-15-20(16-28-24(27)17-31-34-28)22-6-4-7-25-23(22)9-10-30-25/h3-10,15-17,19,30H,11-14,18H2,1-2H3,(H,31,34)(H,33,37). The van der Waals surface area contributed by atoms with Crippen LogP contribution >= 0.6 is 0 Å². The van der Waals surface area contributed by atoms with Crippen molar-refractivity contribution in [3.63, 3.8) is 0 Å². The number of pyridine rings is 1. The van der Waals surface area contributed by atoms with E-state index >= 15 is 0 Å². The van der Waals surface area contributed by atoms with Gasteiger partial charge in [-0.05, 0) is 61.4 Å². The highest BCUT2D eigenvalue weighted by Gasteiger charge is 2.20. The van der Waals surface area contributed by atoms with E-state index in [1.54, 1.807) is 12.3 Å². The average Bonchev–Trinajstić information content (AvgIpc) is 3.59. The molecule has 0 unspecified atom stereocenters. The van der Waals surface area contributed by atoms with Crippen molar-refractivity contribution in [3.8, 4) is 11.1 Å². The van der Waals surface area contributed by atoms with Crippen LogP contribution in [0.4, 0.5) is 5.69 Å². The van der Waals surface area contributed by atoms with Gasteiger partial charge in [-0.1, -0.05) is 18.2 Å². The van der Waals surface area contributed by atoms with Crippen molar-refractivity contribution >= 4 is 33.4 Å². The largest absolute Gasteiger partial charge is 0.361 e. The number of fused-ring (bicyclic) bond motifs is 2. The number of anilines is 1. The van der Waals surface area contributed by atoms with Crippen LogP contribution in [0.3, 0.4) is 0 Å². The second-order valence-corrected chi connectivity index (χ2v) is 9.97. The third kappa shape index (κ3) is 4.73. The number of piperazine rings is 1. The van der Waals surface area contributed by atoms with Gasteiger partial charge in [-0.3, -0.25) is 19.7 Å². The van der Waals surface area contributed by atoms with E-state index in [0.29, 0.717) is 17.4 Å². The minimum atomic E-state index is -0.231. The van der Waals surface area contributed by atoms with Gasteiger partial charge in [0.15, 0.2) is 0 Å². The Morgan fingerprint density at radius 1 is 1.00 bits per heavy atom. The summed E-state index contributed by atoms with van der Waals surface area (Å²) in [5, 5.41) is 12.4. The molecule has 188 valence electrons. The molecular formula is C29H31N7O. The maximum Gasteiger partial charge on any atom is 0.274 e. The highest BCUT2D eigenvalue weighted by Crippen LogP contribution is 2.34. The van der Waals surface area contributed by atoms with Crippen LogP contribution in [0.5, 0.6) is 0 Å². The van der Waals surface area contributed by atoms with E-state index in [1.807, 2.05) is 30.5 Å². The van der Waals surface area contributed by atoms with Gasteiger partial charge in [0, 0.05) is 61.3 Å². The van der Waals surface area contributed by atoms with E-state index in [1.165, 1.54) is 0 Å². The normalized spacial score (nSPS) is 15.1. The molecule has 1 saturated heterocycles. The summed E-state index contributed by atoms with van der Waals surface area (Å²) in [6.07, 6.45) is 3.68. The molecule has 0 saturated carbocycles. The lowest BCUT2D eigenvalue weighted by Crippen LogP contribution is -2.48. The first-order valence-corrected chi connectivity index (χ1v) is 12.8. The van der Waals surface area contributed by atoms with E-state index in [-0.39, 0.29) is 5.91 Å². The van der Waals surface area contributed by atoms with Crippen LogP contribution in [-0.4, -0.2) is 68.1 Å². The van der Waals surface area contributed by atoms with Crippen LogP contribution in [0, 0.1) is 0 Å². The highest BCUT2D eigenvalue weighted by atomic mass is 16.1. The summed E-state index contributed by atoms with van der Waals surface area (Å²) < 4.78 is 0. The molecule has 1 fully saturated rings. The van der Waals surface area contributed by atoms with Gasteiger partial charge in [0.25, 0.3) is 5.91 Å². The number of rotatable bonds is 6. The summed E-state index contributed by atoms with van der Waals surface area (Å²) in [7, 11) is 0. The zero-order valence-corrected chi connectivity index (χ0v) is 21.2. The number of aromatic amines is 2. The van der Waals surface area contributed by atoms with Gasteiger partial charge in [0.2, 0.25) is 0 Å². The van der Waals surface area contributed by atoms with Crippen LogP contribution < -0.4 is 5.32 Å². The zero-order chi connectivity index (χ0) is 25.4. The topological polar surface area (TPSA) is 92.9 Å². The van der Waals surface area contributed by atoms with Crippen LogP contribution in [0.15, 0.2) is 67.0 Å². The van der Waals surface area contributed by atoms with Crippen molar-refractivity contribution in [1.29, 1.82) is 0 Å². The third-order valence-corrected chi connectivity index (χ3v) is 7.28. The number of hydrogen-bond donors (Lipinski definition) is 3. The summed E-state index contributed by atoms with van der Waals surface area (Å²) in [6, 6.07) is 18.6. The monoisotopic (exact) mass is 493 g/mol. The molecule has 3 N–H and O–H groups in total. The Balaban J connectivity index is 1.24. The molecule has 8 heteroatoms. The van der Waals surface area contributed by atoms with Gasteiger partial charge >= 0.3 is 0 Å². The average molecular weight is 494 g/mol. The summed E-state index contributed by atoms with van der Waals surface area (Å²) in [4.78, 5) is 26.2. The van der Waals surface area contributed by atoms with Gasteiger partial charge in [-0.25, -0.2) is 4.98 Å². The molecule has 6 rings (SSSR count). The summed E-state index contributed by atoms with van der Waals surface area (Å²) in [5.74, 6) is -0.231. The maximum atomic E-state index is 13.3. The molecule has 0 aliphatic carbocycles. The van der Waals surface area contributed by atoms with Crippen LogP contribution in [0.2, 0.25) is 0 Å². The molecule has 37 heavy (non-hydrogen) atoms. The molecule has 0 radical (unpaired) electrons. The molecule has 8 nitrogen and oxygen atoms in total. The fraction of sp³-hybridized carbons (Fsp3) is 0.276. The van der Waals surface area contributed by atoms with Crippen molar-refractivity contribution in [2.24, 2.45) is 0 Å². The number of nitrogens with one attached hydrogen (secondary N) is 3. The van der Waals surface area contributed by atoms with Crippen LogP contribution in [-0.2, 0) is 6.54 Å². The molecule has 3 aromatic heterocycles. The lowest BCUT2D eigenvalue weighted by Gasteiger charge is -2.36. The van der Waals surface area contributed by atoms with Crippen molar-refractivity contribution in [3.05, 3.63) is 78.4 Å². The molecule has 1 amide bonds. The third-order valence-electron chi connectivity index (χ3n) is 7.28. The number of nitrogens with zero attached hydrogens (tertiary/aromatic N) is 4. The fourth-order valence-electron chi connectivity index (χ4n) is 5.19. The second kappa shape index (κ2) is 9.80. The van der Waals surface area contributed by atoms with Gasteiger partial charge in [-0.2, -0.15) is 5.10 Å². The maximum absolute atomic E-state index is 13.3. The van der Waals surface area contributed by atoms with Crippen molar-refractivity contribution in [2.75, 3.05) is 31.5 Å². The van der Waals surface area contributed by atoms with Crippen LogP contribution in [0.1, 0.15) is 30.0 Å². The number of aromatic nitrogens is 4. The first kappa shape index (κ1) is 23.4. The Bertz CT molecular complexity index is 1560. The molecule has 0 bridgehead atoms. The first-order valence-electron chi connectivity index (χ1n) is 12.8. The first-order chi connectivity index (χ1) is 18.0. The summed E-state index contributed by atoms with van der Waals surface area (Å²) in [5.41, 5.74) is 6.04. The van der Waals surface area contributed by atoms with Gasteiger partial charge in [-0.15, -0.1) is 0 Å². The fourth-order valence-corrected chi connectivity index (χ4v) is 5.19. The quantitative estimate of drug-likeness (QED) is 0.313. The lowest BCUT2D eigenvalue weighted by molar-refractivity contribution is 0.101. The predicted octanol–water partition coefficient (Wildman–Crippen LogP) is 4.88. The summed E-state index contributed by atoms with van der Waals surface area (Å²) in [6.45, 7) is 9.37. The van der Waals surface area contributed by atoms with E-state index < -0.39 is 0 Å². The van der Waals surface area contributed by atoms with Gasteiger partial charge in [0.05, 0.1) is 23.1 Å². The molecule has 0 spiro atoms. The van der Waals surface area contributed by atoms with Crippen molar-refractivity contribution in [2.45, 2.75) is 26.4 Å². The highest BCUT2D eigenvalue weighted by molar-refractivity contribution is 6.09. The Morgan fingerprint density at radius 3 is 2.68 bits per heavy atom. The van der Waals surface area contributed by atoms with E-state index in [9.17, 15) is 4.79 Å². The summed E-state index contributed by atoms with van der Waals surface area (Å²) >= 11 is 0. The predicted molar refractivity (Wildman–Crippen MR) is 148 cm³/mol. The van der Waals surface area contributed by atoms with Gasteiger partial charge < -0.3 is 10.3 Å². The SMILES string of the molecule is CC(C)N1CCN(Cc2cccc(C(=O)Nc3cc(-c4cccc5[nH]ccc45)cc4[nH]ncc34)n2)CC1. The van der Waals surface area contributed by atoms with E-state index in [4.69, 9.17) is 4.98 Å². The van der Waals surface area contributed by atoms with Crippen LogP contribution in [0.25, 0.3) is 32.9 Å².